The first kappa shape index (κ1) is 18.0. The van der Waals surface area contributed by atoms with Crippen LogP contribution in [0.15, 0.2) is 48.5 Å². The molecule has 2 aromatic heterocycles. The number of aromatic nitrogens is 2. The van der Waals surface area contributed by atoms with Crippen molar-refractivity contribution in [2.45, 2.75) is 0 Å². The van der Waals surface area contributed by atoms with Crippen LogP contribution in [0.5, 0.6) is 11.5 Å². The monoisotopic (exact) mass is 425 g/mol. The van der Waals surface area contributed by atoms with Gasteiger partial charge in [0, 0.05) is 34.8 Å². The van der Waals surface area contributed by atoms with Crippen LogP contribution in [0.2, 0.25) is 5.02 Å². The fourth-order valence-electron chi connectivity index (χ4n) is 3.29. The number of thiophene rings is 1. The van der Waals surface area contributed by atoms with Crippen LogP contribution < -0.4 is 14.8 Å². The number of ether oxygens (including phenoxy) is 2. The fourth-order valence-corrected chi connectivity index (χ4v) is 4.38. The van der Waals surface area contributed by atoms with Crippen LogP contribution in [-0.4, -0.2) is 28.9 Å². The number of carbonyl (C=O) groups excluding carboxylic acids is 1. The number of nitrogens with one attached hydrogen (secondary N) is 1. The molecular formula is C21H16ClN3O3S. The van der Waals surface area contributed by atoms with Gasteiger partial charge < -0.3 is 14.8 Å². The Kier molecular flexibility index (Phi) is 4.41. The van der Waals surface area contributed by atoms with Crippen LogP contribution in [0.4, 0.5) is 5.69 Å². The molecule has 0 bridgehead atoms. The molecule has 3 heterocycles. The molecule has 4 aromatic rings. The lowest BCUT2D eigenvalue weighted by molar-refractivity contribution is 0.103. The number of nitrogens with zero attached hydrogens (tertiary/aromatic N) is 2. The van der Waals surface area contributed by atoms with E-state index in [1.165, 1.54) is 11.3 Å². The van der Waals surface area contributed by atoms with Gasteiger partial charge >= 0.3 is 0 Å². The van der Waals surface area contributed by atoms with E-state index in [0.29, 0.717) is 40.3 Å². The Morgan fingerprint density at radius 2 is 1.86 bits per heavy atom. The number of rotatable bonds is 3. The Hall–Kier alpha value is -3.03. The molecule has 6 nitrogen and oxygen atoms in total. The minimum Gasteiger partial charge on any atom is -0.486 e. The third-order valence-corrected chi connectivity index (χ3v) is 6.11. The van der Waals surface area contributed by atoms with Gasteiger partial charge in [0.2, 0.25) is 0 Å². The Bertz CT molecular complexity index is 1230. The molecule has 1 N–H and O–H groups in total. The van der Waals surface area contributed by atoms with E-state index in [4.69, 9.17) is 21.1 Å². The number of halogens is 1. The van der Waals surface area contributed by atoms with Crippen molar-refractivity contribution in [1.82, 2.24) is 9.78 Å². The predicted octanol–water partition coefficient (Wildman–Crippen LogP) is 4.98. The van der Waals surface area contributed by atoms with Crippen LogP contribution in [0, 0.1) is 0 Å². The van der Waals surface area contributed by atoms with Crippen molar-refractivity contribution in [2.24, 2.45) is 7.05 Å². The minimum absolute atomic E-state index is 0.176. The molecule has 0 fully saturated rings. The highest BCUT2D eigenvalue weighted by Crippen LogP contribution is 2.35. The zero-order chi connectivity index (χ0) is 20.0. The summed E-state index contributed by atoms with van der Waals surface area (Å²) in [5, 5.41) is 9.15. The molecule has 29 heavy (non-hydrogen) atoms. The first-order valence-electron chi connectivity index (χ1n) is 9.02. The molecule has 8 heteroatoms. The van der Waals surface area contributed by atoms with E-state index in [1.54, 1.807) is 22.9 Å². The van der Waals surface area contributed by atoms with Gasteiger partial charge in [0.1, 0.15) is 23.7 Å². The van der Waals surface area contributed by atoms with E-state index >= 15 is 0 Å². The standard InChI is InChI=1S/C21H16ClN3O3S/c1-25-21-15(19(24-25)12-2-4-13(22)5-3-12)11-18(29-21)20(26)23-14-6-7-16-17(10-14)28-9-8-27-16/h2-7,10-11H,8-9H2,1H3,(H,23,26). The summed E-state index contributed by atoms with van der Waals surface area (Å²) in [7, 11) is 1.88. The van der Waals surface area contributed by atoms with Crippen molar-refractivity contribution in [3.8, 4) is 22.8 Å². The van der Waals surface area contributed by atoms with E-state index in [-0.39, 0.29) is 5.91 Å². The van der Waals surface area contributed by atoms with E-state index in [0.717, 1.165) is 21.5 Å². The second-order valence-corrected chi connectivity index (χ2v) is 8.09. The molecule has 2 aromatic carbocycles. The lowest BCUT2D eigenvalue weighted by Crippen LogP contribution is -2.16. The highest BCUT2D eigenvalue weighted by molar-refractivity contribution is 7.20. The van der Waals surface area contributed by atoms with Crippen molar-refractivity contribution in [3.05, 3.63) is 58.4 Å². The number of anilines is 1. The van der Waals surface area contributed by atoms with Gasteiger partial charge in [-0.15, -0.1) is 11.3 Å². The molecule has 0 saturated heterocycles. The van der Waals surface area contributed by atoms with Gasteiger partial charge in [0.05, 0.1) is 4.88 Å². The summed E-state index contributed by atoms with van der Waals surface area (Å²) in [4.78, 5) is 14.4. The summed E-state index contributed by atoms with van der Waals surface area (Å²) < 4.78 is 12.9. The summed E-state index contributed by atoms with van der Waals surface area (Å²) in [6.45, 7) is 1.03. The first-order valence-corrected chi connectivity index (χ1v) is 10.2. The maximum atomic E-state index is 12.8. The zero-order valence-electron chi connectivity index (χ0n) is 15.4. The maximum absolute atomic E-state index is 12.8. The van der Waals surface area contributed by atoms with Crippen molar-refractivity contribution in [1.29, 1.82) is 0 Å². The second kappa shape index (κ2) is 7.09. The highest BCUT2D eigenvalue weighted by Gasteiger charge is 2.19. The van der Waals surface area contributed by atoms with E-state index < -0.39 is 0 Å². The molecule has 0 saturated carbocycles. The van der Waals surface area contributed by atoms with Crippen LogP contribution in [-0.2, 0) is 7.05 Å². The third kappa shape index (κ3) is 3.32. The minimum atomic E-state index is -0.176. The van der Waals surface area contributed by atoms with Gasteiger partial charge in [0.25, 0.3) is 5.91 Å². The van der Waals surface area contributed by atoms with Crippen molar-refractivity contribution >= 4 is 44.7 Å². The summed E-state index contributed by atoms with van der Waals surface area (Å²) in [5.74, 6) is 1.15. The fraction of sp³-hybridized carbons (Fsp3) is 0.143. The smallest absolute Gasteiger partial charge is 0.265 e. The summed E-state index contributed by atoms with van der Waals surface area (Å²) in [5.41, 5.74) is 2.44. The normalized spacial score (nSPS) is 12.9. The van der Waals surface area contributed by atoms with Gasteiger partial charge in [-0.2, -0.15) is 5.10 Å². The zero-order valence-corrected chi connectivity index (χ0v) is 17.0. The molecular weight excluding hydrogens is 410 g/mol. The van der Waals surface area contributed by atoms with E-state index in [2.05, 4.69) is 10.4 Å². The summed E-state index contributed by atoms with van der Waals surface area (Å²) in [6, 6.07) is 14.8. The molecule has 0 radical (unpaired) electrons. The van der Waals surface area contributed by atoms with Crippen molar-refractivity contribution in [2.75, 3.05) is 18.5 Å². The van der Waals surface area contributed by atoms with Crippen LogP contribution >= 0.6 is 22.9 Å². The van der Waals surface area contributed by atoms with Crippen molar-refractivity contribution < 1.29 is 14.3 Å². The molecule has 1 aliphatic heterocycles. The predicted molar refractivity (Wildman–Crippen MR) is 114 cm³/mol. The van der Waals surface area contributed by atoms with Gasteiger partial charge in [0.15, 0.2) is 11.5 Å². The number of fused-ring (bicyclic) bond motifs is 2. The van der Waals surface area contributed by atoms with Crippen LogP contribution in [0.1, 0.15) is 9.67 Å². The lowest BCUT2D eigenvalue weighted by atomic mass is 10.1. The molecule has 1 aliphatic rings. The Morgan fingerprint density at radius 3 is 2.66 bits per heavy atom. The number of amides is 1. The SMILES string of the molecule is Cn1nc(-c2ccc(Cl)cc2)c2cc(C(=O)Nc3ccc4c(c3)OCCO4)sc21. The highest BCUT2D eigenvalue weighted by atomic mass is 35.5. The number of hydrogen-bond donors (Lipinski definition) is 1. The topological polar surface area (TPSA) is 65.4 Å². The van der Waals surface area contributed by atoms with Crippen LogP contribution in [0.25, 0.3) is 21.5 Å². The molecule has 0 spiro atoms. The first-order chi connectivity index (χ1) is 14.1. The van der Waals surface area contributed by atoms with E-state index in [9.17, 15) is 4.79 Å². The van der Waals surface area contributed by atoms with Gasteiger partial charge in [-0.3, -0.25) is 9.48 Å². The molecule has 0 atom stereocenters. The third-order valence-electron chi connectivity index (χ3n) is 4.65. The number of carbonyl (C=O) groups is 1. The van der Waals surface area contributed by atoms with E-state index in [1.807, 2.05) is 37.4 Å². The quantitative estimate of drug-likeness (QED) is 0.502. The lowest BCUT2D eigenvalue weighted by Gasteiger charge is -2.18. The summed E-state index contributed by atoms with van der Waals surface area (Å²) in [6.07, 6.45) is 0. The molecule has 146 valence electrons. The number of benzene rings is 2. The molecule has 0 aliphatic carbocycles. The summed E-state index contributed by atoms with van der Waals surface area (Å²) >= 11 is 7.40. The second-order valence-electron chi connectivity index (χ2n) is 6.62. The van der Waals surface area contributed by atoms with Gasteiger partial charge in [-0.25, -0.2) is 0 Å². The average molecular weight is 426 g/mol. The number of aryl methyl sites for hydroxylation is 1. The van der Waals surface area contributed by atoms with Gasteiger partial charge in [-0.05, 0) is 30.3 Å². The largest absolute Gasteiger partial charge is 0.486 e. The molecule has 5 rings (SSSR count). The Labute approximate surface area is 175 Å². The average Bonchev–Trinajstić information content (AvgIpc) is 3.29. The number of hydrogen-bond acceptors (Lipinski definition) is 5. The molecule has 0 unspecified atom stereocenters. The Morgan fingerprint density at radius 1 is 1.10 bits per heavy atom. The molecule has 1 amide bonds. The van der Waals surface area contributed by atoms with Gasteiger partial charge in [-0.1, -0.05) is 23.7 Å². The maximum Gasteiger partial charge on any atom is 0.265 e. The van der Waals surface area contributed by atoms with Crippen LogP contribution in [0.3, 0.4) is 0 Å². The van der Waals surface area contributed by atoms with Crippen molar-refractivity contribution in [3.63, 3.8) is 0 Å². The Balaban J connectivity index is 1.45.